The molecule has 0 aliphatic heterocycles. The first-order chi connectivity index (χ1) is 14.1. The van der Waals surface area contributed by atoms with Crippen molar-refractivity contribution in [3.63, 3.8) is 0 Å². The summed E-state index contributed by atoms with van der Waals surface area (Å²) in [5.41, 5.74) is 1.84. The van der Waals surface area contributed by atoms with E-state index < -0.39 is 0 Å². The summed E-state index contributed by atoms with van der Waals surface area (Å²) < 4.78 is 0. The van der Waals surface area contributed by atoms with Gasteiger partial charge in [-0.25, -0.2) is 4.98 Å². The molecule has 1 amide bonds. The van der Waals surface area contributed by atoms with E-state index in [9.17, 15) is 9.59 Å². The second-order valence-electron chi connectivity index (χ2n) is 6.69. The number of amides is 1. The first kappa shape index (κ1) is 18.9. The van der Waals surface area contributed by atoms with E-state index in [0.717, 1.165) is 5.56 Å². The van der Waals surface area contributed by atoms with Gasteiger partial charge in [-0.3, -0.25) is 9.59 Å². The maximum Gasteiger partial charge on any atom is 0.258 e. The average molecular weight is 404 g/mol. The Morgan fingerprint density at radius 3 is 2.48 bits per heavy atom. The minimum Gasteiger partial charge on any atom is -0.327 e. The molecule has 0 fully saturated rings. The highest BCUT2D eigenvalue weighted by molar-refractivity contribution is 6.30. The van der Waals surface area contributed by atoms with Crippen LogP contribution in [0.3, 0.4) is 0 Å². The van der Waals surface area contributed by atoms with Crippen LogP contribution in [0.15, 0.2) is 83.7 Å². The van der Waals surface area contributed by atoms with Crippen molar-refractivity contribution in [3.05, 3.63) is 111 Å². The molecule has 29 heavy (non-hydrogen) atoms. The molecule has 0 aliphatic rings. The molecule has 0 aliphatic carbocycles. The molecule has 144 valence electrons. The fourth-order valence-electron chi connectivity index (χ4n) is 3.20. The number of benzene rings is 3. The molecule has 4 rings (SSSR count). The zero-order valence-electron chi connectivity index (χ0n) is 15.5. The molecule has 0 saturated heterocycles. The number of H-pyrrole nitrogens is 1. The molecule has 3 aromatic carbocycles. The van der Waals surface area contributed by atoms with Gasteiger partial charge in [-0.2, -0.15) is 0 Å². The van der Waals surface area contributed by atoms with Crippen molar-refractivity contribution in [2.45, 2.75) is 13.1 Å². The molecule has 0 bridgehead atoms. The standard InChI is InChI=1S/C23H18ClN3O2/c24-18-10-6-9-17(13-18)23(29)27(14-16-7-2-1-3-8-16)15-21-25-20-12-5-4-11-19(20)22(28)26-21/h1-13H,14-15H2,(H,25,26,28). The van der Waals surface area contributed by atoms with Crippen molar-refractivity contribution in [3.8, 4) is 0 Å². The van der Waals surface area contributed by atoms with Gasteiger partial charge >= 0.3 is 0 Å². The molecule has 5 nitrogen and oxygen atoms in total. The molecule has 4 aromatic rings. The van der Waals surface area contributed by atoms with E-state index in [1.807, 2.05) is 36.4 Å². The van der Waals surface area contributed by atoms with Crippen molar-refractivity contribution in [1.29, 1.82) is 0 Å². The van der Waals surface area contributed by atoms with Crippen LogP contribution in [0, 0.1) is 0 Å². The Labute approximate surface area is 172 Å². The maximum atomic E-state index is 13.2. The van der Waals surface area contributed by atoms with Crippen LogP contribution < -0.4 is 5.56 Å². The SMILES string of the molecule is O=C(c1cccc(Cl)c1)N(Cc1ccccc1)Cc1nc2ccccc2c(=O)[nH]1. The van der Waals surface area contributed by atoms with E-state index in [0.29, 0.717) is 33.9 Å². The number of hydrogen-bond donors (Lipinski definition) is 1. The van der Waals surface area contributed by atoms with Gasteiger partial charge in [-0.05, 0) is 35.9 Å². The third-order valence-corrected chi connectivity index (χ3v) is 4.81. The van der Waals surface area contributed by atoms with Crippen molar-refractivity contribution < 1.29 is 4.79 Å². The summed E-state index contributed by atoms with van der Waals surface area (Å²) >= 11 is 6.07. The number of carbonyl (C=O) groups excluding carboxylic acids is 1. The van der Waals surface area contributed by atoms with E-state index in [4.69, 9.17) is 11.6 Å². The Balaban J connectivity index is 1.70. The Hall–Kier alpha value is -3.44. The number of carbonyl (C=O) groups is 1. The monoisotopic (exact) mass is 403 g/mol. The highest BCUT2D eigenvalue weighted by atomic mass is 35.5. The van der Waals surface area contributed by atoms with Gasteiger partial charge in [0, 0.05) is 17.1 Å². The lowest BCUT2D eigenvalue weighted by Gasteiger charge is -2.23. The lowest BCUT2D eigenvalue weighted by Crippen LogP contribution is -2.31. The Kier molecular flexibility index (Phi) is 5.40. The van der Waals surface area contributed by atoms with Crippen molar-refractivity contribution in [2.24, 2.45) is 0 Å². The Bertz CT molecular complexity index is 1220. The van der Waals surface area contributed by atoms with Crippen molar-refractivity contribution in [2.75, 3.05) is 0 Å². The number of aromatic amines is 1. The highest BCUT2D eigenvalue weighted by Crippen LogP contribution is 2.17. The van der Waals surface area contributed by atoms with Crippen LogP contribution >= 0.6 is 11.6 Å². The minimum atomic E-state index is -0.222. The molecule has 0 atom stereocenters. The molecule has 1 N–H and O–H groups in total. The number of rotatable bonds is 5. The maximum absolute atomic E-state index is 13.2. The number of hydrogen-bond acceptors (Lipinski definition) is 3. The normalized spacial score (nSPS) is 10.8. The lowest BCUT2D eigenvalue weighted by molar-refractivity contribution is 0.0725. The molecule has 0 saturated carbocycles. The van der Waals surface area contributed by atoms with Gasteiger partial charge in [-0.15, -0.1) is 0 Å². The van der Waals surface area contributed by atoms with Gasteiger partial charge < -0.3 is 9.88 Å². The van der Waals surface area contributed by atoms with Crippen LogP contribution in [0.25, 0.3) is 10.9 Å². The number of fused-ring (bicyclic) bond motifs is 1. The molecule has 0 spiro atoms. The fraction of sp³-hybridized carbons (Fsp3) is 0.0870. The smallest absolute Gasteiger partial charge is 0.258 e. The van der Waals surface area contributed by atoms with Crippen LogP contribution in [-0.2, 0) is 13.1 Å². The van der Waals surface area contributed by atoms with Crippen molar-refractivity contribution in [1.82, 2.24) is 14.9 Å². The van der Waals surface area contributed by atoms with Crippen LogP contribution in [0.5, 0.6) is 0 Å². The predicted octanol–water partition coefficient (Wildman–Crippen LogP) is 4.42. The highest BCUT2D eigenvalue weighted by Gasteiger charge is 2.18. The van der Waals surface area contributed by atoms with Crippen LogP contribution in [-0.4, -0.2) is 20.8 Å². The van der Waals surface area contributed by atoms with Gasteiger partial charge in [0.1, 0.15) is 5.82 Å². The first-order valence-corrected chi connectivity index (χ1v) is 9.54. The number of aromatic nitrogens is 2. The number of nitrogens with zero attached hydrogens (tertiary/aromatic N) is 2. The summed E-state index contributed by atoms with van der Waals surface area (Å²) in [5.74, 6) is 0.243. The second-order valence-corrected chi connectivity index (χ2v) is 7.12. The van der Waals surface area contributed by atoms with E-state index in [1.165, 1.54) is 0 Å². The number of halogens is 1. The van der Waals surface area contributed by atoms with Gasteiger partial charge in [0.25, 0.3) is 11.5 Å². The first-order valence-electron chi connectivity index (χ1n) is 9.17. The third-order valence-electron chi connectivity index (χ3n) is 4.58. The molecular formula is C23H18ClN3O2. The lowest BCUT2D eigenvalue weighted by atomic mass is 10.1. The minimum absolute atomic E-state index is 0.167. The summed E-state index contributed by atoms with van der Waals surface area (Å²) in [4.78, 5) is 34.6. The third kappa shape index (κ3) is 4.36. The summed E-state index contributed by atoms with van der Waals surface area (Å²) in [7, 11) is 0. The second kappa shape index (κ2) is 8.29. The summed E-state index contributed by atoms with van der Waals surface area (Å²) in [6.45, 7) is 0.545. The molecule has 6 heteroatoms. The Morgan fingerprint density at radius 2 is 1.69 bits per heavy atom. The zero-order chi connectivity index (χ0) is 20.2. The fourth-order valence-corrected chi connectivity index (χ4v) is 3.39. The molecule has 1 heterocycles. The van der Waals surface area contributed by atoms with Gasteiger partial charge in [0.15, 0.2) is 0 Å². The summed E-state index contributed by atoms with van der Waals surface area (Å²) in [6, 6.07) is 23.6. The van der Waals surface area contributed by atoms with E-state index >= 15 is 0 Å². The average Bonchev–Trinajstić information content (AvgIpc) is 2.73. The molecule has 0 unspecified atom stereocenters. The number of para-hydroxylation sites is 1. The van der Waals surface area contributed by atoms with Gasteiger partial charge in [0.05, 0.1) is 17.4 Å². The molecule has 1 aromatic heterocycles. The predicted molar refractivity (Wildman–Crippen MR) is 114 cm³/mol. The van der Waals surface area contributed by atoms with E-state index in [2.05, 4.69) is 9.97 Å². The van der Waals surface area contributed by atoms with Gasteiger partial charge in [0.2, 0.25) is 0 Å². The Morgan fingerprint density at radius 1 is 0.931 bits per heavy atom. The quantitative estimate of drug-likeness (QED) is 0.536. The van der Waals surface area contributed by atoms with Crippen LogP contribution in [0.1, 0.15) is 21.7 Å². The van der Waals surface area contributed by atoms with Gasteiger partial charge in [-0.1, -0.05) is 60.1 Å². The molecular weight excluding hydrogens is 386 g/mol. The summed E-state index contributed by atoms with van der Waals surface area (Å²) in [6.07, 6.45) is 0. The van der Waals surface area contributed by atoms with E-state index in [1.54, 1.807) is 47.4 Å². The van der Waals surface area contributed by atoms with Crippen LogP contribution in [0.4, 0.5) is 0 Å². The van der Waals surface area contributed by atoms with Crippen molar-refractivity contribution >= 4 is 28.4 Å². The zero-order valence-corrected chi connectivity index (χ0v) is 16.3. The topological polar surface area (TPSA) is 66.1 Å². The van der Waals surface area contributed by atoms with E-state index in [-0.39, 0.29) is 18.0 Å². The molecule has 0 radical (unpaired) electrons. The largest absolute Gasteiger partial charge is 0.327 e. The number of nitrogens with one attached hydrogen (secondary N) is 1. The summed E-state index contributed by atoms with van der Waals surface area (Å²) in [5, 5.41) is 1.01. The van der Waals surface area contributed by atoms with Crippen LogP contribution in [0.2, 0.25) is 5.02 Å².